The fourth-order valence-electron chi connectivity index (χ4n) is 1.35. The molecule has 0 aliphatic rings. The van der Waals surface area contributed by atoms with Gasteiger partial charge in [-0.3, -0.25) is 4.68 Å². The molecule has 0 aromatic carbocycles. The van der Waals surface area contributed by atoms with Gasteiger partial charge in [0.05, 0.1) is 0 Å². The highest BCUT2D eigenvalue weighted by molar-refractivity contribution is 9.09. The Balaban J connectivity index is 2.46. The van der Waals surface area contributed by atoms with E-state index in [1.807, 2.05) is 17.9 Å². The number of hydrogen-bond acceptors (Lipinski definition) is 1. The molecule has 0 saturated carbocycles. The average Bonchev–Trinajstić information content (AvgIpc) is 2.45. The van der Waals surface area contributed by atoms with Crippen molar-refractivity contribution in [3.05, 3.63) is 18.0 Å². The summed E-state index contributed by atoms with van der Waals surface area (Å²) in [6, 6.07) is 2.09. The van der Waals surface area contributed by atoms with Crippen molar-refractivity contribution in [2.45, 2.75) is 38.4 Å². The summed E-state index contributed by atoms with van der Waals surface area (Å²) in [5.74, 6) is 0. The summed E-state index contributed by atoms with van der Waals surface area (Å²) in [6.07, 6.45) is 4.10. The average molecular weight is 259 g/mol. The van der Waals surface area contributed by atoms with Gasteiger partial charge >= 0.3 is 0 Å². The van der Waals surface area contributed by atoms with Crippen molar-refractivity contribution in [3.8, 4) is 0 Å². The smallest absolute Gasteiger partial charge is 0.0492 e. The van der Waals surface area contributed by atoms with E-state index < -0.39 is 0 Å². The lowest BCUT2D eigenvalue weighted by atomic mass is 9.89. The Bertz CT molecular complexity index is 286. The summed E-state index contributed by atoms with van der Waals surface area (Å²) in [4.78, 5) is 0.560. The first kappa shape index (κ1) is 11.8. The SMILES string of the molecule is Cn1nccc1CCC(Br)C(C)(C)C. The highest BCUT2D eigenvalue weighted by atomic mass is 79.9. The third-order valence-electron chi connectivity index (χ3n) is 2.52. The number of aromatic nitrogens is 2. The topological polar surface area (TPSA) is 17.8 Å². The molecule has 80 valence electrons. The summed E-state index contributed by atoms with van der Waals surface area (Å²) >= 11 is 3.74. The van der Waals surface area contributed by atoms with Gasteiger partial charge in [-0.15, -0.1) is 0 Å². The van der Waals surface area contributed by atoms with Crippen molar-refractivity contribution in [1.29, 1.82) is 0 Å². The second kappa shape index (κ2) is 4.47. The zero-order valence-electron chi connectivity index (χ0n) is 9.42. The minimum Gasteiger partial charge on any atom is -0.273 e. The van der Waals surface area contributed by atoms with Crippen LogP contribution in [0.1, 0.15) is 32.9 Å². The number of alkyl halides is 1. The van der Waals surface area contributed by atoms with Gasteiger partial charge in [-0.05, 0) is 24.3 Å². The van der Waals surface area contributed by atoms with E-state index in [0.29, 0.717) is 10.2 Å². The van der Waals surface area contributed by atoms with Crippen molar-refractivity contribution in [2.75, 3.05) is 0 Å². The number of halogens is 1. The fourth-order valence-corrected chi connectivity index (χ4v) is 1.58. The van der Waals surface area contributed by atoms with Gasteiger partial charge in [0, 0.05) is 23.8 Å². The number of aryl methyl sites for hydroxylation is 2. The Morgan fingerprint density at radius 1 is 1.50 bits per heavy atom. The van der Waals surface area contributed by atoms with Gasteiger partial charge in [-0.1, -0.05) is 36.7 Å². The maximum absolute atomic E-state index is 4.16. The van der Waals surface area contributed by atoms with Crippen LogP contribution in [0.4, 0.5) is 0 Å². The van der Waals surface area contributed by atoms with E-state index in [4.69, 9.17) is 0 Å². The Morgan fingerprint density at radius 3 is 2.57 bits per heavy atom. The number of nitrogens with zero attached hydrogens (tertiary/aromatic N) is 2. The molecule has 1 heterocycles. The first-order chi connectivity index (χ1) is 6.41. The van der Waals surface area contributed by atoms with Gasteiger partial charge in [-0.25, -0.2) is 0 Å². The van der Waals surface area contributed by atoms with E-state index in [2.05, 4.69) is 47.9 Å². The molecule has 3 heteroatoms. The molecular formula is C11H19BrN2. The lowest BCUT2D eigenvalue weighted by molar-refractivity contribution is 0.384. The predicted molar refractivity (Wildman–Crippen MR) is 63.7 cm³/mol. The maximum atomic E-state index is 4.16. The van der Waals surface area contributed by atoms with E-state index in [-0.39, 0.29) is 0 Å². The molecule has 0 spiro atoms. The predicted octanol–water partition coefficient (Wildman–Crippen LogP) is 3.16. The Kier molecular flexibility index (Phi) is 3.76. The molecule has 1 aromatic heterocycles. The standard InChI is InChI=1S/C11H19BrN2/c1-11(2,3)10(12)6-5-9-7-8-13-14(9)4/h7-8,10H,5-6H2,1-4H3. The zero-order chi connectivity index (χ0) is 10.8. The van der Waals surface area contributed by atoms with Crippen LogP contribution in [0.3, 0.4) is 0 Å². The number of hydrogen-bond donors (Lipinski definition) is 0. The molecule has 0 aliphatic carbocycles. The van der Waals surface area contributed by atoms with Gasteiger partial charge < -0.3 is 0 Å². The van der Waals surface area contributed by atoms with Crippen LogP contribution in [0.5, 0.6) is 0 Å². The second-order valence-corrected chi connectivity index (χ2v) is 5.92. The van der Waals surface area contributed by atoms with Crippen LogP contribution in [0.15, 0.2) is 12.3 Å². The van der Waals surface area contributed by atoms with Crippen LogP contribution in [0.25, 0.3) is 0 Å². The molecule has 0 amide bonds. The van der Waals surface area contributed by atoms with Gasteiger partial charge in [-0.2, -0.15) is 5.10 Å². The normalized spacial score (nSPS) is 14.4. The molecular weight excluding hydrogens is 240 g/mol. The first-order valence-corrected chi connectivity index (χ1v) is 5.94. The van der Waals surface area contributed by atoms with Crippen LogP contribution in [0, 0.1) is 5.41 Å². The zero-order valence-corrected chi connectivity index (χ0v) is 11.0. The van der Waals surface area contributed by atoms with Gasteiger partial charge in [0.15, 0.2) is 0 Å². The van der Waals surface area contributed by atoms with Gasteiger partial charge in [0.1, 0.15) is 0 Å². The fraction of sp³-hybridized carbons (Fsp3) is 0.727. The molecule has 0 saturated heterocycles. The lowest BCUT2D eigenvalue weighted by Crippen LogP contribution is -2.21. The van der Waals surface area contributed by atoms with Crippen LogP contribution in [0.2, 0.25) is 0 Å². The Labute approximate surface area is 94.8 Å². The molecule has 14 heavy (non-hydrogen) atoms. The van der Waals surface area contributed by atoms with Crippen LogP contribution in [-0.2, 0) is 13.5 Å². The van der Waals surface area contributed by atoms with Crippen LogP contribution >= 0.6 is 15.9 Å². The maximum Gasteiger partial charge on any atom is 0.0492 e. The minimum atomic E-state index is 0.332. The van der Waals surface area contributed by atoms with Crippen molar-refractivity contribution in [2.24, 2.45) is 12.5 Å². The molecule has 1 rings (SSSR count). The third kappa shape index (κ3) is 3.12. The molecule has 0 N–H and O–H groups in total. The molecule has 0 bridgehead atoms. The summed E-state index contributed by atoms with van der Waals surface area (Å²) in [5.41, 5.74) is 1.64. The van der Waals surface area contributed by atoms with E-state index in [9.17, 15) is 0 Å². The molecule has 1 atom stereocenters. The highest BCUT2D eigenvalue weighted by Crippen LogP contribution is 2.29. The highest BCUT2D eigenvalue weighted by Gasteiger charge is 2.21. The molecule has 1 aromatic rings. The largest absolute Gasteiger partial charge is 0.273 e. The van der Waals surface area contributed by atoms with E-state index in [0.717, 1.165) is 12.8 Å². The number of rotatable bonds is 3. The third-order valence-corrected chi connectivity index (χ3v) is 4.35. The minimum absolute atomic E-state index is 0.332. The summed E-state index contributed by atoms with van der Waals surface area (Å²) in [5, 5.41) is 4.16. The molecule has 0 radical (unpaired) electrons. The molecule has 0 fully saturated rings. The van der Waals surface area contributed by atoms with Crippen molar-refractivity contribution in [3.63, 3.8) is 0 Å². The Morgan fingerprint density at radius 2 is 2.14 bits per heavy atom. The summed E-state index contributed by atoms with van der Waals surface area (Å²) in [6.45, 7) is 6.78. The summed E-state index contributed by atoms with van der Waals surface area (Å²) < 4.78 is 1.95. The Hall–Kier alpha value is -0.310. The van der Waals surface area contributed by atoms with Crippen LogP contribution < -0.4 is 0 Å². The van der Waals surface area contributed by atoms with Gasteiger partial charge in [0.2, 0.25) is 0 Å². The van der Waals surface area contributed by atoms with Crippen molar-refractivity contribution < 1.29 is 0 Å². The van der Waals surface area contributed by atoms with E-state index in [1.54, 1.807) is 0 Å². The summed E-state index contributed by atoms with van der Waals surface area (Å²) in [7, 11) is 2.00. The lowest BCUT2D eigenvalue weighted by Gasteiger charge is -2.25. The first-order valence-electron chi connectivity index (χ1n) is 5.02. The molecule has 1 unspecified atom stereocenters. The monoisotopic (exact) mass is 258 g/mol. The van der Waals surface area contributed by atoms with Crippen molar-refractivity contribution >= 4 is 15.9 Å². The second-order valence-electron chi connectivity index (χ2n) is 4.82. The molecule has 2 nitrogen and oxygen atoms in total. The molecule has 0 aliphatic heterocycles. The van der Waals surface area contributed by atoms with E-state index in [1.165, 1.54) is 5.69 Å². The van der Waals surface area contributed by atoms with Crippen LogP contribution in [-0.4, -0.2) is 14.6 Å². The van der Waals surface area contributed by atoms with Gasteiger partial charge in [0.25, 0.3) is 0 Å². The van der Waals surface area contributed by atoms with Crippen molar-refractivity contribution in [1.82, 2.24) is 9.78 Å². The quantitative estimate of drug-likeness (QED) is 0.762. The van der Waals surface area contributed by atoms with E-state index >= 15 is 0 Å².